The Morgan fingerprint density at radius 1 is 1.11 bits per heavy atom. The third-order valence-corrected chi connectivity index (χ3v) is 6.54. The summed E-state index contributed by atoms with van der Waals surface area (Å²) in [7, 11) is 3.11. The first-order valence-electron chi connectivity index (χ1n) is 11.2. The van der Waals surface area contributed by atoms with Gasteiger partial charge in [0.2, 0.25) is 0 Å². The molecule has 1 aliphatic heterocycles. The zero-order valence-corrected chi connectivity index (χ0v) is 20.8. The van der Waals surface area contributed by atoms with Crippen LogP contribution in [-0.4, -0.2) is 32.5 Å². The first-order chi connectivity index (χ1) is 17.1. The predicted molar refractivity (Wildman–Crippen MR) is 135 cm³/mol. The van der Waals surface area contributed by atoms with Crippen molar-refractivity contribution in [2.24, 2.45) is 0 Å². The smallest absolute Gasteiger partial charge is 0.337 e. The average molecular weight is 490 g/mol. The van der Waals surface area contributed by atoms with E-state index >= 15 is 0 Å². The van der Waals surface area contributed by atoms with Gasteiger partial charge in [0.15, 0.2) is 0 Å². The Bertz CT molecular complexity index is 1210. The van der Waals surface area contributed by atoms with Crippen molar-refractivity contribution in [2.75, 3.05) is 26.6 Å². The van der Waals surface area contributed by atoms with Gasteiger partial charge in [0.1, 0.15) is 11.5 Å². The van der Waals surface area contributed by atoms with Gasteiger partial charge in [0, 0.05) is 17.7 Å². The van der Waals surface area contributed by atoms with Crippen LogP contribution in [0.2, 0.25) is 0 Å². The Hall–Kier alpha value is -3.88. The van der Waals surface area contributed by atoms with Crippen LogP contribution in [-0.2, 0) is 9.53 Å². The summed E-state index contributed by atoms with van der Waals surface area (Å²) in [6.45, 7) is 1.93. The molecule has 180 valence electrons. The molecular formula is C27H27N3O4S. The maximum Gasteiger partial charge on any atom is 0.337 e. The second-order valence-electron chi connectivity index (χ2n) is 7.51. The molecule has 0 bridgehead atoms. The van der Waals surface area contributed by atoms with Crippen molar-refractivity contribution in [3.8, 4) is 23.6 Å². The van der Waals surface area contributed by atoms with Gasteiger partial charge in [-0.25, -0.2) is 4.79 Å². The molecule has 0 spiro atoms. The van der Waals surface area contributed by atoms with E-state index in [0.29, 0.717) is 57.5 Å². The number of nitrogens with zero attached hydrogens (tertiary/aromatic N) is 2. The Labute approximate surface area is 210 Å². The Morgan fingerprint density at radius 3 is 2.51 bits per heavy atom. The number of nitriles is 2. The first kappa shape index (κ1) is 25.7. The summed E-state index contributed by atoms with van der Waals surface area (Å²) in [4.78, 5) is 13.4. The lowest BCUT2D eigenvalue weighted by atomic mass is 9.80. The lowest BCUT2D eigenvalue weighted by Gasteiger charge is -2.31. The minimum atomic E-state index is -0.751. The molecule has 0 aromatic heterocycles. The number of hydrogen-bond acceptors (Lipinski definition) is 8. The number of allylic oxidation sites excluding steroid dienone is 1. The highest BCUT2D eigenvalue weighted by Gasteiger charge is 2.38. The predicted octanol–water partition coefficient (Wildman–Crippen LogP) is 5.14. The number of ether oxygens (including phenoxy) is 3. The Kier molecular flexibility index (Phi) is 9.23. The van der Waals surface area contributed by atoms with Gasteiger partial charge in [-0.3, -0.25) is 0 Å². The summed E-state index contributed by atoms with van der Waals surface area (Å²) in [5.41, 5.74) is 2.68. The van der Waals surface area contributed by atoms with Crippen LogP contribution < -0.4 is 14.8 Å². The number of carbonyl (C=O) groups is 1. The van der Waals surface area contributed by atoms with Crippen molar-refractivity contribution in [3.05, 3.63) is 75.8 Å². The van der Waals surface area contributed by atoms with Gasteiger partial charge in [0.25, 0.3) is 0 Å². The molecule has 1 unspecified atom stereocenters. The fourth-order valence-electron chi connectivity index (χ4n) is 3.86. The van der Waals surface area contributed by atoms with Crippen LogP contribution in [0, 0.1) is 22.7 Å². The second kappa shape index (κ2) is 12.5. The van der Waals surface area contributed by atoms with E-state index in [9.17, 15) is 10.1 Å². The number of esters is 1. The van der Waals surface area contributed by atoms with Crippen LogP contribution in [0.15, 0.2) is 64.7 Å². The lowest BCUT2D eigenvalue weighted by molar-refractivity contribution is -0.138. The number of benzene rings is 2. The van der Waals surface area contributed by atoms with E-state index in [2.05, 4.69) is 17.5 Å². The lowest BCUT2D eigenvalue weighted by Crippen LogP contribution is -2.29. The van der Waals surface area contributed by atoms with E-state index < -0.39 is 11.9 Å². The van der Waals surface area contributed by atoms with Crippen LogP contribution in [0.1, 0.15) is 36.8 Å². The summed E-state index contributed by atoms with van der Waals surface area (Å²) < 4.78 is 16.6. The molecule has 2 aromatic carbocycles. The molecule has 0 radical (unpaired) electrons. The molecule has 1 heterocycles. The molecule has 1 atom stereocenters. The van der Waals surface area contributed by atoms with Crippen LogP contribution in [0.5, 0.6) is 11.5 Å². The zero-order chi connectivity index (χ0) is 25.2. The molecule has 0 aliphatic carbocycles. The normalized spacial score (nSPS) is 15.1. The number of nitrogens with one attached hydrogen (secondary N) is 1. The summed E-state index contributed by atoms with van der Waals surface area (Å²) in [6.07, 6.45) is 1.10. The zero-order valence-electron chi connectivity index (χ0n) is 20.0. The average Bonchev–Trinajstić information content (AvgIpc) is 2.90. The largest absolute Gasteiger partial charge is 0.497 e. The molecule has 0 saturated carbocycles. The van der Waals surface area contributed by atoms with Gasteiger partial charge in [-0.15, -0.1) is 11.8 Å². The van der Waals surface area contributed by atoms with Gasteiger partial charge >= 0.3 is 5.97 Å². The van der Waals surface area contributed by atoms with Gasteiger partial charge in [0.05, 0.1) is 60.8 Å². The standard InChI is InChI=1S/C27H27N3O4S/c1-4-34-27(31)24-23(20-16-19(32-2)12-13-22(20)33-3)21(17-29)26(35-15-9-8-14-28)30-25(24)18-10-6-5-7-11-18/h5-7,10-13,16,23,30H,4,8-9,15H2,1-3H3. The summed E-state index contributed by atoms with van der Waals surface area (Å²) in [5.74, 6) is 0.465. The van der Waals surface area contributed by atoms with Gasteiger partial charge in [-0.05, 0) is 37.1 Å². The minimum Gasteiger partial charge on any atom is -0.497 e. The third kappa shape index (κ3) is 5.79. The molecule has 0 fully saturated rings. The Balaban J connectivity index is 2.30. The molecule has 3 rings (SSSR count). The quantitative estimate of drug-likeness (QED) is 0.361. The topological polar surface area (TPSA) is 104 Å². The van der Waals surface area contributed by atoms with E-state index in [0.717, 1.165) is 5.56 Å². The highest BCUT2D eigenvalue weighted by atomic mass is 32.2. The molecule has 1 aliphatic rings. The number of methoxy groups -OCH3 is 2. The van der Waals surface area contributed by atoms with Crippen LogP contribution in [0.3, 0.4) is 0 Å². The molecule has 0 amide bonds. The van der Waals surface area contributed by atoms with Crippen LogP contribution in [0.4, 0.5) is 0 Å². The van der Waals surface area contributed by atoms with Crippen molar-refractivity contribution in [3.63, 3.8) is 0 Å². The van der Waals surface area contributed by atoms with Crippen molar-refractivity contribution in [2.45, 2.75) is 25.7 Å². The second-order valence-corrected chi connectivity index (χ2v) is 8.61. The van der Waals surface area contributed by atoms with Crippen molar-refractivity contribution >= 4 is 23.4 Å². The molecule has 1 N–H and O–H groups in total. The highest BCUT2D eigenvalue weighted by Crippen LogP contribution is 2.47. The van der Waals surface area contributed by atoms with Gasteiger partial charge < -0.3 is 19.5 Å². The minimum absolute atomic E-state index is 0.188. The van der Waals surface area contributed by atoms with Crippen molar-refractivity contribution in [1.82, 2.24) is 5.32 Å². The molecule has 2 aromatic rings. The fourth-order valence-corrected chi connectivity index (χ4v) is 4.85. The van der Waals surface area contributed by atoms with Gasteiger partial charge in [-0.2, -0.15) is 10.5 Å². The van der Waals surface area contributed by atoms with Crippen molar-refractivity contribution in [1.29, 1.82) is 10.5 Å². The monoisotopic (exact) mass is 489 g/mol. The molecular weight excluding hydrogens is 462 g/mol. The van der Waals surface area contributed by atoms with E-state index in [1.165, 1.54) is 11.8 Å². The molecule has 0 saturated heterocycles. The van der Waals surface area contributed by atoms with Gasteiger partial charge in [-0.1, -0.05) is 30.3 Å². The number of rotatable bonds is 10. The molecule has 35 heavy (non-hydrogen) atoms. The number of hydrogen-bond donors (Lipinski definition) is 1. The summed E-state index contributed by atoms with van der Waals surface area (Å²) in [5, 5.41) is 23.2. The van der Waals surface area contributed by atoms with Crippen molar-refractivity contribution < 1.29 is 19.0 Å². The third-order valence-electron chi connectivity index (χ3n) is 5.44. The van der Waals surface area contributed by atoms with E-state index in [-0.39, 0.29) is 6.61 Å². The first-order valence-corrected chi connectivity index (χ1v) is 12.2. The summed E-state index contributed by atoms with van der Waals surface area (Å²) in [6, 6.07) is 19.2. The maximum absolute atomic E-state index is 13.4. The number of dihydropyridines is 1. The van der Waals surface area contributed by atoms with E-state index in [1.54, 1.807) is 39.3 Å². The van der Waals surface area contributed by atoms with Crippen LogP contribution in [0.25, 0.3) is 5.70 Å². The highest BCUT2D eigenvalue weighted by molar-refractivity contribution is 8.03. The molecule has 8 heteroatoms. The Morgan fingerprint density at radius 2 is 1.89 bits per heavy atom. The number of carbonyl (C=O) groups excluding carboxylic acids is 1. The molecule has 7 nitrogen and oxygen atoms in total. The van der Waals surface area contributed by atoms with E-state index in [1.807, 2.05) is 30.3 Å². The van der Waals surface area contributed by atoms with E-state index in [4.69, 9.17) is 19.5 Å². The number of thioether (sulfide) groups is 1. The fraction of sp³-hybridized carbons (Fsp3) is 0.296. The summed E-state index contributed by atoms with van der Waals surface area (Å²) >= 11 is 1.45. The number of unbranched alkanes of at least 4 members (excludes halogenated alkanes) is 1. The SMILES string of the molecule is CCOC(=O)C1=C(c2ccccc2)NC(SCCCC#N)=C(C#N)C1c1cc(OC)ccc1OC. The maximum atomic E-state index is 13.4. The van der Waals surface area contributed by atoms with Crippen LogP contribution >= 0.6 is 11.8 Å².